The van der Waals surface area contributed by atoms with Gasteiger partial charge in [-0.1, -0.05) is 22.8 Å². The Morgan fingerprint density at radius 3 is 3.07 bits per heavy atom. The van der Waals surface area contributed by atoms with Crippen molar-refractivity contribution in [3.8, 4) is 10.6 Å². The standard InChI is InChI=1S/C9H4ClN3OS/c10-8-6-7(5-2-1-3-15-5)13-14-9(6)12-4-11-8/h1-4H. The summed E-state index contributed by atoms with van der Waals surface area (Å²) in [5, 5.41) is 6.95. The van der Waals surface area contributed by atoms with E-state index in [1.54, 1.807) is 11.3 Å². The number of thiophene rings is 1. The molecule has 3 aromatic rings. The molecule has 0 unspecified atom stereocenters. The van der Waals surface area contributed by atoms with Crippen molar-refractivity contribution >= 4 is 34.0 Å². The van der Waals surface area contributed by atoms with Gasteiger partial charge in [0.1, 0.15) is 22.6 Å². The molecule has 0 aliphatic carbocycles. The van der Waals surface area contributed by atoms with Crippen LogP contribution in [0.2, 0.25) is 5.15 Å². The third-order valence-electron chi connectivity index (χ3n) is 1.98. The Kier molecular flexibility index (Phi) is 1.93. The van der Waals surface area contributed by atoms with Gasteiger partial charge in [-0.05, 0) is 11.4 Å². The monoisotopic (exact) mass is 237 g/mol. The van der Waals surface area contributed by atoms with E-state index in [0.717, 1.165) is 4.88 Å². The maximum absolute atomic E-state index is 5.97. The number of aromatic nitrogens is 3. The Morgan fingerprint density at radius 2 is 2.27 bits per heavy atom. The molecular weight excluding hydrogens is 234 g/mol. The minimum atomic E-state index is 0.365. The van der Waals surface area contributed by atoms with E-state index < -0.39 is 0 Å². The molecule has 0 saturated heterocycles. The highest BCUT2D eigenvalue weighted by atomic mass is 35.5. The van der Waals surface area contributed by atoms with Crippen LogP contribution in [-0.2, 0) is 0 Å². The van der Waals surface area contributed by atoms with Gasteiger partial charge in [0.2, 0.25) is 0 Å². The summed E-state index contributed by atoms with van der Waals surface area (Å²) in [7, 11) is 0. The maximum atomic E-state index is 5.97. The molecule has 4 nitrogen and oxygen atoms in total. The Hall–Kier alpha value is -1.46. The number of hydrogen-bond donors (Lipinski definition) is 0. The highest BCUT2D eigenvalue weighted by Gasteiger charge is 2.15. The third kappa shape index (κ3) is 1.32. The number of rotatable bonds is 1. The van der Waals surface area contributed by atoms with E-state index in [-0.39, 0.29) is 0 Å². The van der Waals surface area contributed by atoms with E-state index in [9.17, 15) is 0 Å². The molecule has 0 fully saturated rings. The molecule has 3 aromatic heterocycles. The summed E-state index contributed by atoms with van der Waals surface area (Å²) < 4.78 is 5.07. The van der Waals surface area contributed by atoms with E-state index in [0.29, 0.717) is 21.9 Å². The molecule has 0 atom stereocenters. The van der Waals surface area contributed by atoms with Crippen LogP contribution in [0, 0.1) is 0 Å². The van der Waals surface area contributed by atoms with Crippen LogP contribution >= 0.6 is 22.9 Å². The van der Waals surface area contributed by atoms with Crippen molar-refractivity contribution in [3.63, 3.8) is 0 Å². The Labute approximate surface area is 93.5 Å². The molecule has 15 heavy (non-hydrogen) atoms. The second kappa shape index (κ2) is 3.29. The lowest BCUT2D eigenvalue weighted by Gasteiger charge is -1.91. The van der Waals surface area contributed by atoms with Crippen LogP contribution in [0.1, 0.15) is 0 Å². The molecule has 0 bridgehead atoms. The zero-order valence-electron chi connectivity index (χ0n) is 7.35. The molecule has 0 spiro atoms. The van der Waals surface area contributed by atoms with Gasteiger partial charge in [-0.2, -0.15) is 4.98 Å². The van der Waals surface area contributed by atoms with Crippen LogP contribution in [0.25, 0.3) is 21.7 Å². The van der Waals surface area contributed by atoms with Gasteiger partial charge in [0, 0.05) is 0 Å². The van der Waals surface area contributed by atoms with Crippen LogP contribution < -0.4 is 0 Å². The summed E-state index contributed by atoms with van der Waals surface area (Å²) in [5.41, 5.74) is 1.11. The van der Waals surface area contributed by atoms with Crippen molar-refractivity contribution in [1.29, 1.82) is 0 Å². The second-order valence-corrected chi connectivity index (χ2v) is 4.16. The number of halogens is 1. The fourth-order valence-corrected chi connectivity index (χ4v) is 2.26. The molecule has 6 heteroatoms. The van der Waals surface area contributed by atoms with Crippen LogP contribution in [0.4, 0.5) is 0 Å². The van der Waals surface area contributed by atoms with E-state index in [2.05, 4.69) is 15.1 Å². The predicted molar refractivity (Wildman–Crippen MR) is 57.9 cm³/mol. The van der Waals surface area contributed by atoms with Gasteiger partial charge in [0.05, 0.1) is 4.88 Å². The highest BCUT2D eigenvalue weighted by molar-refractivity contribution is 7.13. The molecule has 0 aromatic carbocycles. The maximum Gasteiger partial charge on any atom is 0.262 e. The largest absolute Gasteiger partial charge is 0.335 e. The molecular formula is C9H4ClN3OS. The highest BCUT2D eigenvalue weighted by Crippen LogP contribution is 2.33. The van der Waals surface area contributed by atoms with Gasteiger partial charge in [-0.15, -0.1) is 11.3 Å². The topological polar surface area (TPSA) is 51.8 Å². The van der Waals surface area contributed by atoms with Gasteiger partial charge >= 0.3 is 0 Å². The van der Waals surface area contributed by atoms with E-state index >= 15 is 0 Å². The van der Waals surface area contributed by atoms with Crippen molar-refractivity contribution in [1.82, 2.24) is 15.1 Å². The SMILES string of the molecule is Clc1ncnc2onc(-c3cccs3)c12. The molecule has 0 amide bonds. The molecule has 0 N–H and O–H groups in total. The Bertz CT molecular complexity index is 605. The summed E-state index contributed by atoms with van der Waals surface area (Å²) in [4.78, 5) is 8.85. The van der Waals surface area contributed by atoms with Crippen molar-refractivity contribution in [2.24, 2.45) is 0 Å². The smallest absolute Gasteiger partial charge is 0.262 e. The summed E-state index contributed by atoms with van der Waals surface area (Å²) in [6.45, 7) is 0. The van der Waals surface area contributed by atoms with Gasteiger partial charge in [-0.25, -0.2) is 4.98 Å². The lowest BCUT2D eigenvalue weighted by atomic mass is 10.3. The number of hydrogen-bond acceptors (Lipinski definition) is 5. The van der Waals surface area contributed by atoms with Crippen molar-refractivity contribution < 1.29 is 4.52 Å². The second-order valence-electron chi connectivity index (χ2n) is 2.85. The minimum absolute atomic E-state index is 0.365. The van der Waals surface area contributed by atoms with Crippen LogP contribution in [-0.4, -0.2) is 15.1 Å². The molecule has 3 heterocycles. The van der Waals surface area contributed by atoms with Gasteiger partial charge < -0.3 is 4.52 Å². The predicted octanol–water partition coefficient (Wildman–Crippen LogP) is 3.00. The summed E-state index contributed by atoms with van der Waals surface area (Å²) in [6.07, 6.45) is 1.36. The first-order valence-corrected chi connectivity index (χ1v) is 5.42. The first-order valence-electron chi connectivity index (χ1n) is 4.16. The normalized spacial score (nSPS) is 11.0. The Balaban J connectivity index is 2.37. The van der Waals surface area contributed by atoms with E-state index in [1.807, 2.05) is 17.5 Å². The summed E-state index contributed by atoms with van der Waals surface area (Å²) >= 11 is 7.54. The average Bonchev–Trinajstić information content (AvgIpc) is 2.85. The lowest BCUT2D eigenvalue weighted by Crippen LogP contribution is -1.80. The quantitative estimate of drug-likeness (QED) is 0.611. The third-order valence-corrected chi connectivity index (χ3v) is 3.14. The van der Waals surface area contributed by atoms with Crippen molar-refractivity contribution in [2.45, 2.75) is 0 Å². The lowest BCUT2D eigenvalue weighted by molar-refractivity contribution is 0.451. The van der Waals surface area contributed by atoms with Gasteiger partial charge in [0.25, 0.3) is 5.71 Å². The van der Waals surface area contributed by atoms with E-state index in [4.69, 9.17) is 16.1 Å². The Morgan fingerprint density at radius 1 is 1.33 bits per heavy atom. The summed E-state index contributed by atoms with van der Waals surface area (Å²) in [6, 6.07) is 3.89. The van der Waals surface area contributed by atoms with Crippen LogP contribution in [0.5, 0.6) is 0 Å². The molecule has 0 aliphatic rings. The molecule has 0 saturated carbocycles. The van der Waals surface area contributed by atoms with Crippen molar-refractivity contribution in [2.75, 3.05) is 0 Å². The van der Waals surface area contributed by atoms with Crippen LogP contribution in [0.15, 0.2) is 28.4 Å². The number of fused-ring (bicyclic) bond motifs is 1. The molecule has 3 rings (SSSR count). The van der Waals surface area contributed by atoms with Crippen molar-refractivity contribution in [3.05, 3.63) is 29.0 Å². The van der Waals surface area contributed by atoms with Gasteiger partial charge in [0.15, 0.2) is 0 Å². The van der Waals surface area contributed by atoms with E-state index in [1.165, 1.54) is 6.33 Å². The average molecular weight is 238 g/mol. The fourth-order valence-electron chi connectivity index (χ4n) is 1.33. The van der Waals surface area contributed by atoms with Crippen LogP contribution in [0.3, 0.4) is 0 Å². The first kappa shape index (κ1) is 8.82. The fraction of sp³-hybridized carbons (Fsp3) is 0. The zero-order chi connectivity index (χ0) is 10.3. The summed E-state index contributed by atoms with van der Waals surface area (Å²) in [5.74, 6) is 0. The zero-order valence-corrected chi connectivity index (χ0v) is 8.92. The molecule has 0 radical (unpaired) electrons. The minimum Gasteiger partial charge on any atom is -0.335 e. The molecule has 0 aliphatic heterocycles. The van der Waals surface area contributed by atoms with Gasteiger partial charge in [-0.3, -0.25) is 0 Å². The number of nitrogens with zero attached hydrogens (tertiary/aromatic N) is 3. The molecule has 74 valence electrons. The first-order chi connectivity index (χ1) is 7.36.